The molecule has 2 aliphatic carbocycles. The van der Waals surface area contributed by atoms with E-state index >= 15 is 0 Å². The van der Waals surface area contributed by atoms with Gasteiger partial charge in [0.1, 0.15) is 0 Å². The van der Waals surface area contributed by atoms with Crippen molar-refractivity contribution in [1.82, 2.24) is 0 Å². The molecule has 21 heavy (non-hydrogen) atoms. The summed E-state index contributed by atoms with van der Waals surface area (Å²) in [7, 11) is 0. The van der Waals surface area contributed by atoms with Gasteiger partial charge in [0, 0.05) is 0 Å². The minimum absolute atomic E-state index is 1.21. The first-order chi connectivity index (χ1) is 10.4. The molecule has 0 heteroatoms. The zero-order valence-electron chi connectivity index (χ0n) is 13.3. The summed E-state index contributed by atoms with van der Waals surface area (Å²) < 4.78 is 0. The molecule has 0 saturated heterocycles. The van der Waals surface area contributed by atoms with Crippen LogP contribution >= 0.6 is 0 Å². The summed E-state index contributed by atoms with van der Waals surface area (Å²) in [6.45, 7) is 4.00. The maximum Gasteiger partial charge on any atom is -0.0227 e. The van der Waals surface area contributed by atoms with E-state index in [1.54, 1.807) is 11.1 Å². The second kappa shape index (κ2) is 8.46. The van der Waals surface area contributed by atoms with Gasteiger partial charge in [0.05, 0.1) is 0 Å². The Balaban J connectivity index is 0.000000138. The summed E-state index contributed by atoms with van der Waals surface area (Å²) in [6.07, 6.45) is 11.0. The lowest BCUT2D eigenvalue weighted by atomic mass is 10.1. The van der Waals surface area contributed by atoms with Gasteiger partial charge in [-0.1, -0.05) is 74.5 Å². The first-order valence-corrected chi connectivity index (χ1v) is 8.26. The van der Waals surface area contributed by atoms with Gasteiger partial charge in [0.2, 0.25) is 0 Å². The van der Waals surface area contributed by atoms with Crippen LogP contribution < -0.4 is 10.4 Å². The number of hydrogen-bond donors (Lipinski definition) is 0. The summed E-state index contributed by atoms with van der Waals surface area (Å²) in [6, 6.07) is 17.3. The van der Waals surface area contributed by atoms with Crippen LogP contribution in [-0.4, -0.2) is 0 Å². The standard InChI is InChI=1S/C10H10.C9H10.C2H6/c1-2-6-10-8-4-3-7-9(10)5-1;1-2-5-9-7-3-6-8(9)4-1;1-2/h1-2,5-8H,3-4H2;1-2,4-5H,3,6-7H2;1-2H3. The minimum Gasteiger partial charge on any atom is -0.0764 e. The van der Waals surface area contributed by atoms with E-state index in [2.05, 4.69) is 60.7 Å². The summed E-state index contributed by atoms with van der Waals surface area (Å²) in [5.41, 5.74) is 3.13. The second-order valence-electron chi connectivity index (χ2n) is 5.24. The van der Waals surface area contributed by atoms with E-state index in [9.17, 15) is 0 Å². The van der Waals surface area contributed by atoms with Crippen LogP contribution in [0.15, 0.2) is 48.5 Å². The molecule has 0 spiro atoms. The zero-order chi connectivity index (χ0) is 14.9. The molecule has 0 nitrogen and oxygen atoms in total. The molecule has 0 aromatic heterocycles. The predicted molar refractivity (Wildman–Crippen MR) is 93.7 cm³/mol. The number of hydrogen-bond acceptors (Lipinski definition) is 0. The Morgan fingerprint density at radius 1 is 0.619 bits per heavy atom. The Kier molecular flexibility index (Phi) is 6.27. The van der Waals surface area contributed by atoms with E-state index in [0.717, 1.165) is 0 Å². The predicted octanol–water partition coefficient (Wildman–Crippen LogP) is 4.24. The van der Waals surface area contributed by atoms with Crippen molar-refractivity contribution < 1.29 is 0 Å². The first-order valence-electron chi connectivity index (χ1n) is 8.26. The van der Waals surface area contributed by atoms with Crippen molar-refractivity contribution >= 4 is 12.2 Å². The van der Waals surface area contributed by atoms with Gasteiger partial charge < -0.3 is 0 Å². The van der Waals surface area contributed by atoms with Crippen LogP contribution in [0.25, 0.3) is 12.2 Å². The molecule has 0 aliphatic heterocycles. The van der Waals surface area contributed by atoms with Crippen LogP contribution in [0, 0.1) is 0 Å². The molecule has 2 aromatic rings. The minimum atomic E-state index is 1.21. The van der Waals surface area contributed by atoms with Gasteiger partial charge in [-0.15, -0.1) is 0 Å². The van der Waals surface area contributed by atoms with Crippen molar-refractivity contribution in [2.24, 2.45) is 0 Å². The van der Waals surface area contributed by atoms with E-state index in [0.29, 0.717) is 0 Å². The van der Waals surface area contributed by atoms with Crippen LogP contribution in [0.2, 0.25) is 0 Å². The highest BCUT2D eigenvalue weighted by Crippen LogP contribution is 2.20. The first kappa shape index (κ1) is 15.6. The lowest BCUT2D eigenvalue weighted by Crippen LogP contribution is -2.25. The molecule has 0 amide bonds. The fourth-order valence-electron chi connectivity index (χ4n) is 2.87. The number of aryl methyl sites for hydroxylation is 2. The Hall–Kier alpha value is -1.82. The third kappa shape index (κ3) is 4.32. The van der Waals surface area contributed by atoms with E-state index in [4.69, 9.17) is 0 Å². The molecule has 0 fully saturated rings. The fraction of sp³-hybridized carbons (Fsp3) is 0.333. The Labute approximate surface area is 128 Å². The van der Waals surface area contributed by atoms with Crippen molar-refractivity contribution in [1.29, 1.82) is 0 Å². The van der Waals surface area contributed by atoms with Crippen LogP contribution in [0.3, 0.4) is 0 Å². The van der Waals surface area contributed by atoms with Crippen molar-refractivity contribution in [3.8, 4) is 0 Å². The van der Waals surface area contributed by atoms with Crippen molar-refractivity contribution in [3.05, 3.63) is 70.1 Å². The van der Waals surface area contributed by atoms with E-state index < -0.39 is 0 Å². The molecule has 0 radical (unpaired) electrons. The lowest BCUT2D eigenvalue weighted by Gasteiger charge is -1.96. The zero-order valence-corrected chi connectivity index (χ0v) is 13.3. The van der Waals surface area contributed by atoms with Crippen LogP contribution in [-0.2, 0) is 12.8 Å². The molecule has 0 unspecified atom stereocenters. The second-order valence-corrected chi connectivity index (χ2v) is 5.24. The largest absolute Gasteiger partial charge is 0.0764 e. The Morgan fingerprint density at radius 3 is 1.52 bits per heavy atom. The molecule has 0 heterocycles. The third-order valence-electron chi connectivity index (χ3n) is 3.90. The molecule has 110 valence electrons. The monoisotopic (exact) mass is 278 g/mol. The molecule has 0 bridgehead atoms. The SMILES string of the molecule is C1=c2ccccc2=CCC1.CC.c1ccc2c(c1)CCC2. The third-order valence-corrected chi connectivity index (χ3v) is 3.90. The highest BCUT2D eigenvalue weighted by Gasteiger charge is 2.07. The number of fused-ring (bicyclic) bond motifs is 2. The summed E-state index contributed by atoms with van der Waals surface area (Å²) >= 11 is 0. The quantitative estimate of drug-likeness (QED) is 0.676. The molecule has 2 aliphatic rings. The van der Waals surface area contributed by atoms with Crippen molar-refractivity contribution in [3.63, 3.8) is 0 Å². The molecular formula is C21H26. The summed E-state index contributed by atoms with van der Waals surface area (Å²) in [5, 5.41) is 2.79. The maximum atomic E-state index is 2.30. The number of benzene rings is 2. The molecule has 0 atom stereocenters. The highest BCUT2D eigenvalue weighted by molar-refractivity contribution is 5.37. The molecule has 0 saturated carbocycles. The Bertz CT molecular complexity index is 606. The van der Waals surface area contributed by atoms with Gasteiger partial charge in [-0.05, 0) is 53.7 Å². The topological polar surface area (TPSA) is 0 Å². The van der Waals surface area contributed by atoms with Crippen molar-refractivity contribution in [2.45, 2.75) is 46.0 Å². The van der Waals surface area contributed by atoms with Crippen LogP contribution in [0.4, 0.5) is 0 Å². The van der Waals surface area contributed by atoms with Gasteiger partial charge in [-0.2, -0.15) is 0 Å². The smallest absolute Gasteiger partial charge is 0.0227 e. The van der Waals surface area contributed by atoms with E-state index in [1.807, 2.05) is 13.8 Å². The van der Waals surface area contributed by atoms with E-state index in [-0.39, 0.29) is 0 Å². The van der Waals surface area contributed by atoms with Gasteiger partial charge in [-0.25, -0.2) is 0 Å². The van der Waals surface area contributed by atoms with Crippen LogP contribution in [0.5, 0.6) is 0 Å². The van der Waals surface area contributed by atoms with E-state index in [1.165, 1.54) is 42.5 Å². The number of rotatable bonds is 0. The molecular weight excluding hydrogens is 252 g/mol. The lowest BCUT2D eigenvalue weighted by molar-refractivity contribution is 0.912. The van der Waals surface area contributed by atoms with Gasteiger partial charge in [0.25, 0.3) is 0 Å². The molecule has 0 N–H and O–H groups in total. The summed E-state index contributed by atoms with van der Waals surface area (Å²) in [4.78, 5) is 0. The Morgan fingerprint density at radius 2 is 1.05 bits per heavy atom. The van der Waals surface area contributed by atoms with Gasteiger partial charge in [-0.3, -0.25) is 0 Å². The van der Waals surface area contributed by atoms with Crippen molar-refractivity contribution in [2.75, 3.05) is 0 Å². The van der Waals surface area contributed by atoms with Gasteiger partial charge >= 0.3 is 0 Å². The average Bonchev–Trinajstić information content (AvgIpc) is 3.06. The normalized spacial score (nSPS) is 14.0. The fourth-order valence-corrected chi connectivity index (χ4v) is 2.87. The molecule has 4 rings (SSSR count). The molecule has 2 aromatic carbocycles. The van der Waals surface area contributed by atoms with Crippen LogP contribution in [0.1, 0.15) is 44.2 Å². The maximum absolute atomic E-state index is 2.30. The summed E-state index contributed by atoms with van der Waals surface area (Å²) in [5.74, 6) is 0. The highest BCUT2D eigenvalue weighted by atomic mass is 14.1. The average molecular weight is 278 g/mol. The van der Waals surface area contributed by atoms with Gasteiger partial charge in [0.15, 0.2) is 0 Å².